The highest BCUT2D eigenvalue weighted by Gasteiger charge is 2.20. The molecular weight excluding hydrogens is 264 g/mol. The second-order valence-corrected chi connectivity index (χ2v) is 5.02. The summed E-state index contributed by atoms with van der Waals surface area (Å²) in [5, 5.41) is 2.92. The Morgan fingerprint density at radius 1 is 1.53 bits per heavy atom. The second kappa shape index (κ2) is 5.40. The van der Waals surface area contributed by atoms with E-state index in [0.717, 1.165) is 16.5 Å². The number of hydrogen-bond donors (Lipinski definition) is 1. The molecule has 6 nitrogen and oxygen atoms in total. The lowest BCUT2D eigenvalue weighted by molar-refractivity contribution is 0.0595. The third kappa shape index (κ3) is 2.60. The number of hydrogen-bond acceptors (Lipinski definition) is 6. The minimum Gasteiger partial charge on any atom is -0.464 e. The predicted molar refractivity (Wildman–Crippen MR) is 73.3 cm³/mol. The quantitative estimate of drug-likeness (QED) is 0.861. The number of aromatic nitrogens is 3. The average Bonchev–Trinajstić information content (AvgIpc) is 2.94. The molecule has 0 bridgehead atoms. The van der Waals surface area contributed by atoms with Crippen LogP contribution >= 0.6 is 11.3 Å². The summed E-state index contributed by atoms with van der Waals surface area (Å²) in [5.41, 5.74) is 7.14. The molecule has 0 aliphatic rings. The van der Waals surface area contributed by atoms with Crippen LogP contribution < -0.4 is 5.73 Å². The number of rotatable bonds is 4. The van der Waals surface area contributed by atoms with E-state index in [0.29, 0.717) is 18.8 Å². The molecule has 0 aliphatic heterocycles. The molecule has 0 unspecified atom stereocenters. The summed E-state index contributed by atoms with van der Waals surface area (Å²) in [6.07, 6.45) is 0.686. The van der Waals surface area contributed by atoms with Crippen molar-refractivity contribution in [1.82, 2.24) is 14.5 Å². The normalized spacial score (nSPS) is 10.7. The van der Waals surface area contributed by atoms with Crippen molar-refractivity contribution in [3.8, 4) is 0 Å². The number of nitrogens with two attached hydrogens (primary N) is 1. The number of aryl methyl sites for hydroxylation is 2. The van der Waals surface area contributed by atoms with Crippen LogP contribution in [0.25, 0.3) is 0 Å². The van der Waals surface area contributed by atoms with E-state index in [9.17, 15) is 4.79 Å². The van der Waals surface area contributed by atoms with E-state index >= 15 is 0 Å². The van der Waals surface area contributed by atoms with Crippen LogP contribution in [-0.2, 0) is 17.7 Å². The summed E-state index contributed by atoms with van der Waals surface area (Å²) in [6, 6.07) is 0. The predicted octanol–water partition coefficient (Wildman–Crippen LogP) is 1.63. The third-order valence-electron chi connectivity index (χ3n) is 2.74. The highest BCUT2D eigenvalue weighted by atomic mass is 32.1. The topological polar surface area (TPSA) is 83.0 Å². The van der Waals surface area contributed by atoms with Crippen LogP contribution in [0.15, 0.2) is 5.38 Å². The molecule has 0 aliphatic carbocycles. The van der Waals surface area contributed by atoms with Crippen LogP contribution in [0.4, 0.5) is 5.82 Å². The number of nitrogen functional groups attached to an aromatic ring is 1. The number of methoxy groups -OCH3 is 1. The smallest absolute Gasteiger partial charge is 0.360 e. The van der Waals surface area contributed by atoms with Crippen molar-refractivity contribution < 1.29 is 9.53 Å². The third-order valence-corrected chi connectivity index (χ3v) is 3.69. The molecule has 19 heavy (non-hydrogen) atoms. The van der Waals surface area contributed by atoms with Gasteiger partial charge in [-0.3, -0.25) is 0 Å². The van der Waals surface area contributed by atoms with Crippen LogP contribution in [0.1, 0.15) is 33.9 Å². The van der Waals surface area contributed by atoms with Gasteiger partial charge in [-0.2, -0.15) is 0 Å². The fourth-order valence-corrected chi connectivity index (χ4v) is 2.58. The number of anilines is 1. The maximum absolute atomic E-state index is 11.6. The van der Waals surface area contributed by atoms with E-state index in [-0.39, 0.29) is 5.69 Å². The molecule has 102 valence electrons. The van der Waals surface area contributed by atoms with Gasteiger partial charge in [0, 0.05) is 17.5 Å². The molecule has 0 saturated carbocycles. The van der Waals surface area contributed by atoms with E-state index in [1.807, 2.05) is 23.8 Å². The molecule has 0 fully saturated rings. The Morgan fingerprint density at radius 2 is 2.26 bits per heavy atom. The molecule has 0 amide bonds. The summed E-state index contributed by atoms with van der Waals surface area (Å²) in [6.45, 7) is 4.43. The number of thiazole rings is 1. The molecule has 2 aromatic heterocycles. The summed E-state index contributed by atoms with van der Waals surface area (Å²) in [7, 11) is 1.32. The number of esters is 1. The van der Waals surface area contributed by atoms with Crippen molar-refractivity contribution in [2.24, 2.45) is 0 Å². The zero-order valence-corrected chi connectivity index (χ0v) is 12.0. The maximum atomic E-state index is 11.6. The molecule has 2 rings (SSSR count). The van der Waals surface area contributed by atoms with Crippen molar-refractivity contribution in [2.45, 2.75) is 26.8 Å². The number of ether oxygens (including phenoxy) is 1. The Kier molecular flexibility index (Phi) is 3.84. The van der Waals surface area contributed by atoms with Crippen LogP contribution in [-0.4, -0.2) is 27.6 Å². The van der Waals surface area contributed by atoms with Gasteiger partial charge in [0.2, 0.25) is 0 Å². The first-order chi connectivity index (χ1) is 9.06. The standard InChI is InChI=1S/C12H16N4O2S/c1-4-8-15-10(12(17)18-3)11(13)16(8)5-9-14-7(2)6-19-9/h6H,4-5,13H2,1-3H3. The average molecular weight is 280 g/mol. The Balaban J connectivity index is 2.38. The summed E-state index contributed by atoms with van der Waals surface area (Å²) >= 11 is 1.56. The van der Waals surface area contributed by atoms with E-state index in [1.54, 1.807) is 11.3 Å². The number of nitrogens with zero attached hydrogens (tertiary/aromatic N) is 3. The largest absolute Gasteiger partial charge is 0.464 e. The monoisotopic (exact) mass is 280 g/mol. The summed E-state index contributed by atoms with van der Waals surface area (Å²) < 4.78 is 6.49. The van der Waals surface area contributed by atoms with Crippen molar-refractivity contribution in [1.29, 1.82) is 0 Å². The highest BCUT2D eigenvalue weighted by Crippen LogP contribution is 2.19. The summed E-state index contributed by atoms with van der Waals surface area (Å²) in [4.78, 5) is 20.2. The lowest BCUT2D eigenvalue weighted by Crippen LogP contribution is -2.10. The lowest BCUT2D eigenvalue weighted by atomic mass is 10.4. The molecule has 2 aromatic rings. The van der Waals surface area contributed by atoms with Crippen LogP contribution in [0.3, 0.4) is 0 Å². The van der Waals surface area contributed by atoms with Gasteiger partial charge in [0.1, 0.15) is 16.6 Å². The number of carbonyl (C=O) groups excluding carboxylic acids is 1. The Hall–Kier alpha value is -1.89. The van der Waals surface area contributed by atoms with Crippen molar-refractivity contribution in [2.75, 3.05) is 12.8 Å². The molecule has 0 saturated heterocycles. The van der Waals surface area contributed by atoms with Gasteiger partial charge >= 0.3 is 5.97 Å². The van der Waals surface area contributed by atoms with E-state index in [2.05, 4.69) is 14.7 Å². The number of imidazole rings is 1. The van der Waals surface area contributed by atoms with E-state index in [1.165, 1.54) is 7.11 Å². The van der Waals surface area contributed by atoms with Crippen LogP contribution in [0.5, 0.6) is 0 Å². The fraction of sp³-hybridized carbons (Fsp3) is 0.417. The van der Waals surface area contributed by atoms with Gasteiger partial charge in [-0.1, -0.05) is 6.92 Å². The van der Waals surface area contributed by atoms with Gasteiger partial charge < -0.3 is 15.0 Å². The first kappa shape index (κ1) is 13.5. The first-order valence-corrected chi connectivity index (χ1v) is 6.79. The minimum atomic E-state index is -0.513. The van der Waals surface area contributed by atoms with Gasteiger partial charge in [-0.05, 0) is 6.92 Å². The van der Waals surface area contributed by atoms with Gasteiger partial charge in [-0.25, -0.2) is 14.8 Å². The minimum absolute atomic E-state index is 0.174. The maximum Gasteiger partial charge on any atom is 0.360 e. The van der Waals surface area contributed by atoms with Crippen LogP contribution in [0.2, 0.25) is 0 Å². The zero-order chi connectivity index (χ0) is 14.0. The van der Waals surface area contributed by atoms with Crippen LogP contribution in [0, 0.1) is 6.92 Å². The molecule has 7 heteroatoms. The van der Waals surface area contributed by atoms with Gasteiger partial charge in [0.25, 0.3) is 0 Å². The molecule has 2 N–H and O–H groups in total. The lowest BCUT2D eigenvalue weighted by Gasteiger charge is -2.06. The summed E-state index contributed by atoms with van der Waals surface area (Å²) in [5.74, 6) is 0.573. The fourth-order valence-electron chi connectivity index (χ4n) is 1.82. The SMILES string of the molecule is CCc1nc(C(=O)OC)c(N)n1Cc1nc(C)cs1. The zero-order valence-electron chi connectivity index (χ0n) is 11.1. The van der Waals surface area contributed by atoms with Gasteiger partial charge in [-0.15, -0.1) is 11.3 Å². The van der Waals surface area contributed by atoms with Crippen molar-refractivity contribution in [3.05, 3.63) is 27.6 Å². The van der Waals surface area contributed by atoms with Crippen molar-refractivity contribution >= 4 is 23.1 Å². The Bertz CT molecular complexity index is 603. The molecule has 0 aromatic carbocycles. The molecule has 2 heterocycles. The first-order valence-electron chi connectivity index (χ1n) is 5.91. The van der Waals surface area contributed by atoms with E-state index in [4.69, 9.17) is 5.73 Å². The molecule has 0 spiro atoms. The molecular formula is C12H16N4O2S. The number of carbonyl (C=O) groups is 1. The molecule has 0 radical (unpaired) electrons. The van der Waals surface area contributed by atoms with Crippen molar-refractivity contribution in [3.63, 3.8) is 0 Å². The van der Waals surface area contributed by atoms with Gasteiger partial charge in [0.05, 0.1) is 13.7 Å². The Labute approximate surface area is 115 Å². The van der Waals surface area contributed by atoms with Gasteiger partial charge in [0.15, 0.2) is 5.69 Å². The molecule has 0 atom stereocenters. The Morgan fingerprint density at radius 3 is 2.79 bits per heavy atom. The second-order valence-electron chi connectivity index (χ2n) is 4.08. The highest BCUT2D eigenvalue weighted by molar-refractivity contribution is 7.09. The van der Waals surface area contributed by atoms with E-state index < -0.39 is 5.97 Å².